The summed E-state index contributed by atoms with van der Waals surface area (Å²) >= 11 is 0. The lowest BCUT2D eigenvalue weighted by Crippen LogP contribution is -2.50. The molecule has 0 fully saturated rings. The van der Waals surface area contributed by atoms with Crippen molar-refractivity contribution in [2.45, 2.75) is 45.6 Å². The zero-order chi connectivity index (χ0) is 15.1. The fourth-order valence-corrected chi connectivity index (χ4v) is 4.79. The Bertz CT molecular complexity index is 303. The number of hydrogen-bond acceptors (Lipinski definition) is 4. The second-order valence-corrected chi connectivity index (χ2v) is 6.76. The van der Waals surface area contributed by atoms with Crippen molar-refractivity contribution in [2.75, 3.05) is 13.2 Å². The van der Waals surface area contributed by atoms with Crippen molar-refractivity contribution in [2.24, 2.45) is 5.92 Å². The number of carboxylic acids is 2. The van der Waals surface area contributed by atoms with E-state index in [1.54, 1.807) is 13.8 Å². The molecule has 0 aliphatic rings. The number of carbonyl (C=O) groups is 2. The molecule has 0 bridgehead atoms. The van der Waals surface area contributed by atoms with E-state index < -0.39 is 32.2 Å². The summed E-state index contributed by atoms with van der Waals surface area (Å²) in [6.07, 6.45) is 0.806. The van der Waals surface area contributed by atoms with Crippen LogP contribution >= 0.6 is 0 Å². The molecule has 6 nitrogen and oxygen atoms in total. The zero-order valence-electron chi connectivity index (χ0n) is 12.0. The average molecular weight is 292 g/mol. The van der Waals surface area contributed by atoms with Crippen molar-refractivity contribution < 1.29 is 28.7 Å². The third-order valence-corrected chi connectivity index (χ3v) is 6.41. The molecule has 0 saturated heterocycles. The largest absolute Gasteiger partial charge is 0.481 e. The van der Waals surface area contributed by atoms with Crippen LogP contribution in [-0.2, 0) is 18.4 Å². The maximum absolute atomic E-state index is 11.8. The van der Waals surface area contributed by atoms with E-state index in [1.165, 1.54) is 6.92 Å². The molecule has 0 amide bonds. The highest BCUT2D eigenvalue weighted by Gasteiger charge is 2.55. The van der Waals surface area contributed by atoms with Crippen LogP contribution in [0.4, 0.5) is 0 Å². The van der Waals surface area contributed by atoms with Crippen LogP contribution in [0.5, 0.6) is 0 Å². The van der Waals surface area contributed by atoms with Gasteiger partial charge in [-0.3, -0.25) is 9.59 Å². The summed E-state index contributed by atoms with van der Waals surface area (Å²) in [5.41, 5.74) is 0. The minimum absolute atomic E-state index is 0.243. The second kappa shape index (κ2) is 8.29. The van der Waals surface area contributed by atoms with Gasteiger partial charge >= 0.3 is 21.2 Å². The summed E-state index contributed by atoms with van der Waals surface area (Å²) in [4.78, 5) is 23.0. The summed E-state index contributed by atoms with van der Waals surface area (Å²) in [7, 11) is -2.65. The van der Waals surface area contributed by atoms with Crippen molar-refractivity contribution in [3.63, 3.8) is 0 Å². The predicted octanol–water partition coefficient (Wildman–Crippen LogP) is 1.63. The van der Waals surface area contributed by atoms with Crippen LogP contribution in [0.2, 0.25) is 5.04 Å². The first-order valence-electron chi connectivity index (χ1n) is 6.57. The summed E-state index contributed by atoms with van der Waals surface area (Å²) in [6.45, 7) is 7.40. The van der Waals surface area contributed by atoms with E-state index in [0.29, 0.717) is 19.6 Å². The van der Waals surface area contributed by atoms with Gasteiger partial charge in [-0.2, -0.15) is 0 Å². The molecule has 2 N–H and O–H groups in total. The first-order valence-corrected chi connectivity index (χ1v) is 8.09. The number of carboxylic acid groups (broad SMARTS) is 2. The molecule has 0 aliphatic carbocycles. The highest BCUT2D eigenvalue weighted by molar-refractivity contribution is 6.55. The van der Waals surface area contributed by atoms with Crippen LogP contribution in [0.25, 0.3) is 0 Å². The smallest absolute Gasteiger partial charge is 0.340 e. The van der Waals surface area contributed by atoms with Crippen molar-refractivity contribution in [3.8, 4) is 0 Å². The Hall–Kier alpha value is -0.923. The second-order valence-electron chi connectivity index (χ2n) is 4.40. The predicted molar refractivity (Wildman–Crippen MR) is 72.4 cm³/mol. The average Bonchev–Trinajstić information content (AvgIpc) is 2.34. The normalized spacial score (nSPS) is 16.1. The Morgan fingerprint density at radius 2 is 1.63 bits per heavy atom. The molecule has 0 aromatic heterocycles. The molecule has 0 spiro atoms. The van der Waals surface area contributed by atoms with E-state index in [1.807, 2.05) is 6.92 Å². The molecule has 7 heteroatoms. The highest BCUT2D eigenvalue weighted by Crippen LogP contribution is 2.45. The minimum atomic E-state index is -2.65. The maximum Gasteiger partial charge on any atom is 0.340 e. The van der Waals surface area contributed by atoms with Gasteiger partial charge in [0, 0.05) is 13.2 Å². The Labute approximate surface area is 115 Å². The molecule has 0 heterocycles. The van der Waals surface area contributed by atoms with Gasteiger partial charge in [-0.05, 0) is 20.3 Å². The van der Waals surface area contributed by atoms with Gasteiger partial charge in [0.1, 0.15) is 5.04 Å². The van der Waals surface area contributed by atoms with Gasteiger partial charge in [-0.25, -0.2) is 0 Å². The Balaban J connectivity index is 5.63. The molecule has 0 saturated carbocycles. The van der Waals surface area contributed by atoms with Crippen LogP contribution in [0.3, 0.4) is 0 Å². The SMILES string of the molecule is CCCC(C(=O)O)(C(C)C(=O)O)[SiH](OCC)OCC. The van der Waals surface area contributed by atoms with Gasteiger partial charge in [-0.1, -0.05) is 20.3 Å². The van der Waals surface area contributed by atoms with E-state index in [2.05, 4.69) is 0 Å². The number of hydrogen-bond donors (Lipinski definition) is 2. The van der Waals surface area contributed by atoms with Gasteiger partial charge in [0.25, 0.3) is 0 Å². The maximum atomic E-state index is 11.8. The standard InChI is InChI=1S/C12H24O6Si/c1-5-8-12(11(15)16,9(4)10(13)14)19(17-6-2)18-7-3/h9,19H,5-8H2,1-4H3,(H,13,14)(H,15,16). The fraction of sp³-hybridized carbons (Fsp3) is 0.833. The zero-order valence-corrected chi connectivity index (χ0v) is 13.2. The Morgan fingerprint density at radius 3 is 1.89 bits per heavy atom. The van der Waals surface area contributed by atoms with Crippen LogP contribution in [-0.4, -0.2) is 44.6 Å². The minimum Gasteiger partial charge on any atom is -0.481 e. The van der Waals surface area contributed by atoms with E-state index in [9.17, 15) is 19.8 Å². The summed E-state index contributed by atoms with van der Waals surface area (Å²) in [5.74, 6) is -3.31. The number of rotatable bonds is 10. The summed E-state index contributed by atoms with van der Waals surface area (Å²) < 4.78 is 11.0. The Kier molecular flexibility index (Phi) is 7.89. The van der Waals surface area contributed by atoms with E-state index in [-0.39, 0.29) is 6.42 Å². The third kappa shape index (κ3) is 4.02. The molecule has 19 heavy (non-hydrogen) atoms. The summed E-state index contributed by atoms with van der Waals surface area (Å²) in [6, 6.07) is 0. The molecule has 0 rings (SSSR count). The molecule has 2 unspecified atom stereocenters. The first-order chi connectivity index (χ1) is 8.88. The van der Waals surface area contributed by atoms with Crippen molar-refractivity contribution in [1.29, 1.82) is 0 Å². The van der Waals surface area contributed by atoms with Crippen molar-refractivity contribution in [3.05, 3.63) is 0 Å². The van der Waals surface area contributed by atoms with Gasteiger partial charge in [-0.15, -0.1) is 0 Å². The molecule has 0 aliphatic heterocycles. The molecular weight excluding hydrogens is 268 g/mol. The molecule has 0 radical (unpaired) electrons. The van der Waals surface area contributed by atoms with E-state index in [4.69, 9.17) is 8.85 Å². The highest BCUT2D eigenvalue weighted by atomic mass is 28.3. The van der Waals surface area contributed by atoms with Crippen molar-refractivity contribution in [1.82, 2.24) is 0 Å². The fourth-order valence-electron chi connectivity index (χ4n) is 2.21. The van der Waals surface area contributed by atoms with Gasteiger partial charge < -0.3 is 19.1 Å². The van der Waals surface area contributed by atoms with Gasteiger partial charge in [0.2, 0.25) is 0 Å². The van der Waals surface area contributed by atoms with E-state index in [0.717, 1.165) is 0 Å². The molecule has 0 aromatic rings. The van der Waals surface area contributed by atoms with Crippen LogP contribution in [0, 0.1) is 5.92 Å². The van der Waals surface area contributed by atoms with E-state index >= 15 is 0 Å². The number of aliphatic carboxylic acids is 2. The van der Waals surface area contributed by atoms with Crippen LogP contribution in [0.1, 0.15) is 40.5 Å². The van der Waals surface area contributed by atoms with Gasteiger partial charge in [0.15, 0.2) is 0 Å². The first kappa shape index (κ1) is 18.1. The lowest BCUT2D eigenvalue weighted by molar-refractivity contribution is -0.153. The Morgan fingerprint density at radius 1 is 1.16 bits per heavy atom. The van der Waals surface area contributed by atoms with Gasteiger partial charge in [0.05, 0.1) is 5.92 Å². The lowest BCUT2D eigenvalue weighted by atomic mass is 9.88. The topological polar surface area (TPSA) is 93.1 Å². The third-order valence-electron chi connectivity index (χ3n) is 3.26. The summed E-state index contributed by atoms with van der Waals surface area (Å²) in [5, 5.41) is 17.4. The van der Waals surface area contributed by atoms with Crippen molar-refractivity contribution >= 4 is 21.2 Å². The molecule has 2 atom stereocenters. The van der Waals surface area contributed by atoms with Crippen LogP contribution in [0.15, 0.2) is 0 Å². The molecule has 112 valence electrons. The quantitative estimate of drug-likeness (QED) is 0.594. The molecule has 0 aromatic carbocycles. The molecular formula is C12H24O6Si. The monoisotopic (exact) mass is 292 g/mol. The van der Waals surface area contributed by atoms with Crippen LogP contribution < -0.4 is 0 Å². The lowest BCUT2D eigenvalue weighted by Gasteiger charge is -2.37.